The fourth-order valence-corrected chi connectivity index (χ4v) is 9.53. The summed E-state index contributed by atoms with van der Waals surface area (Å²) in [4.78, 5) is 73.9. The predicted octanol–water partition coefficient (Wildman–Crippen LogP) is 10.4. The molecule has 2 aromatic heterocycles. The van der Waals surface area contributed by atoms with E-state index >= 15 is 0 Å². The topological polar surface area (TPSA) is 200 Å². The first-order valence-electron chi connectivity index (χ1n) is 19.5. The van der Waals surface area contributed by atoms with Gasteiger partial charge in [0.1, 0.15) is 11.4 Å². The van der Waals surface area contributed by atoms with Gasteiger partial charge in [-0.3, -0.25) is 29.8 Å². The molecule has 2 atom stereocenters. The zero-order valence-electron chi connectivity index (χ0n) is 32.3. The molecule has 4 amide bonds. The van der Waals surface area contributed by atoms with Gasteiger partial charge in [0.15, 0.2) is 0 Å². The van der Waals surface area contributed by atoms with Gasteiger partial charge in [0.2, 0.25) is 0 Å². The third-order valence-corrected chi connectivity index (χ3v) is 12.5. The van der Waals surface area contributed by atoms with Gasteiger partial charge in [-0.2, -0.15) is 0 Å². The highest BCUT2D eigenvalue weighted by Gasteiger charge is 2.38. The second-order valence-electron chi connectivity index (χ2n) is 15.3. The Labute approximate surface area is 360 Å². The van der Waals surface area contributed by atoms with E-state index in [0.717, 1.165) is 11.1 Å². The second kappa shape index (κ2) is 14.9. The summed E-state index contributed by atoms with van der Waals surface area (Å²) in [6.45, 7) is 0.507. The number of rotatable bonds is 8. The number of nitro groups is 2. The quantitative estimate of drug-likeness (QED) is 0.0661. The SMILES string of the molecule is O=C(Nc1ccc2[nH]c(C(=O)N3CC(CCl)c4c3cc([N+](=O)[O-])c3ccccc43)cc2c1)Nc1ccc2[nH]c(C(=O)N3CC(CCl)c4c3cc([N+](=O)[O-])c3ccccc43)cc2c1. The van der Waals surface area contributed by atoms with Crippen LogP contribution in [0.3, 0.4) is 0 Å². The molecule has 17 heteroatoms. The lowest BCUT2D eigenvalue weighted by molar-refractivity contribution is -0.383. The summed E-state index contributed by atoms with van der Waals surface area (Å²) in [5.41, 5.74) is 5.01. The smallest absolute Gasteiger partial charge is 0.323 e. The van der Waals surface area contributed by atoms with Gasteiger partial charge in [-0.25, -0.2) is 4.79 Å². The Morgan fingerprint density at radius 2 is 1.00 bits per heavy atom. The Morgan fingerprint density at radius 1 is 0.597 bits per heavy atom. The molecule has 0 bridgehead atoms. The van der Waals surface area contributed by atoms with Gasteiger partial charge in [-0.1, -0.05) is 36.4 Å². The average Bonchev–Trinajstić information content (AvgIpc) is 4.07. The maximum atomic E-state index is 14.0. The molecule has 4 heterocycles. The number of nitrogens with zero attached hydrogens (tertiary/aromatic N) is 4. The number of halogens is 2. The van der Waals surface area contributed by atoms with E-state index in [1.54, 1.807) is 84.9 Å². The van der Waals surface area contributed by atoms with Crippen LogP contribution >= 0.6 is 23.2 Å². The van der Waals surface area contributed by atoms with Gasteiger partial charge in [-0.15, -0.1) is 23.2 Å². The number of nitrogens with one attached hydrogen (secondary N) is 4. The van der Waals surface area contributed by atoms with E-state index in [-0.39, 0.29) is 71.3 Å². The Hall–Kier alpha value is -7.49. The normalized spacial score (nSPS) is 15.6. The molecule has 0 radical (unpaired) electrons. The molecule has 6 aromatic carbocycles. The lowest BCUT2D eigenvalue weighted by Crippen LogP contribution is -2.30. The molecule has 308 valence electrons. The van der Waals surface area contributed by atoms with Crippen molar-refractivity contribution in [3.05, 3.63) is 152 Å². The van der Waals surface area contributed by atoms with Crippen molar-refractivity contribution in [2.45, 2.75) is 11.8 Å². The van der Waals surface area contributed by atoms with Gasteiger partial charge in [0, 0.05) is 82.0 Å². The van der Waals surface area contributed by atoms with Gasteiger partial charge in [-0.05, 0) is 82.6 Å². The van der Waals surface area contributed by atoms with E-state index in [1.807, 2.05) is 12.1 Å². The molecule has 62 heavy (non-hydrogen) atoms. The van der Waals surface area contributed by atoms with Crippen LogP contribution in [0.15, 0.2) is 109 Å². The van der Waals surface area contributed by atoms with E-state index < -0.39 is 15.9 Å². The predicted molar refractivity (Wildman–Crippen MR) is 241 cm³/mol. The number of hydrogen-bond donors (Lipinski definition) is 4. The Balaban J connectivity index is 0.858. The van der Waals surface area contributed by atoms with Crippen LogP contribution in [-0.4, -0.2) is 62.5 Å². The third-order valence-electron chi connectivity index (χ3n) is 11.8. The van der Waals surface area contributed by atoms with Crippen LogP contribution < -0.4 is 20.4 Å². The molecule has 0 saturated carbocycles. The molecule has 0 aliphatic carbocycles. The van der Waals surface area contributed by atoms with Crippen LogP contribution in [0.1, 0.15) is 43.9 Å². The molecule has 0 spiro atoms. The summed E-state index contributed by atoms with van der Waals surface area (Å²) < 4.78 is 0. The van der Waals surface area contributed by atoms with Crippen molar-refractivity contribution in [1.29, 1.82) is 0 Å². The molecule has 8 aromatic rings. The highest BCUT2D eigenvalue weighted by atomic mass is 35.5. The lowest BCUT2D eigenvalue weighted by Gasteiger charge is -2.17. The van der Waals surface area contributed by atoms with E-state index in [2.05, 4.69) is 20.6 Å². The van der Waals surface area contributed by atoms with Crippen LogP contribution in [0.25, 0.3) is 43.4 Å². The molecule has 10 rings (SSSR count). The second-order valence-corrected chi connectivity index (χ2v) is 16.0. The van der Waals surface area contributed by atoms with Gasteiger partial charge in [0.05, 0.1) is 32.0 Å². The highest BCUT2D eigenvalue weighted by molar-refractivity contribution is 6.20. The number of aromatic amines is 2. The minimum Gasteiger partial charge on any atom is -0.351 e. The number of alkyl halides is 2. The fourth-order valence-electron chi connectivity index (χ4n) is 9.03. The van der Waals surface area contributed by atoms with E-state index in [9.17, 15) is 34.6 Å². The fraction of sp³-hybridized carbons (Fsp3) is 0.133. The summed E-state index contributed by atoms with van der Waals surface area (Å²) in [5.74, 6) is -0.761. The molecule has 2 aliphatic rings. The number of anilines is 4. The van der Waals surface area contributed by atoms with Crippen molar-refractivity contribution in [2.24, 2.45) is 0 Å². The van der Waals surface area contributed by atoms with Crippen molar-refractivity contribution in [3.63, 3.8) is 0 Å². The first kappa shape index (κ1) is 38.7. The number of carbonyl (C=O) groups excluding carboxylic acids is 3. The van der Waals surface area contributed by atoms with Crippen molar-refractivity contribution in [1.82, 2.24) is 9.97 Å². The Morgan fingerprint density at radius 3 is 1.39 bits per heavy atom. The molecular weight excluding hydrogens is 835 g/mol. The van der Waals surface area contributed by atoms with Gasteiger partial charge >= 0.3 is 6.03 Å². The number of non-ortho nitro benzene ring substituents is 2. The van der Waals surface area contributed by atoms with Crippen LogP contribution in [0.4, 0.5) is 38.9 Å². The maximum Gasteiger partial charge on any atom is 0.323 e. The number of H-pyrrole nitrogens is 2. The van der Waals surface area contributed by atoms with Crippen LogP contribution in [0.5, 0.6) is 0 Å². The molecule has 2 aliphatic heterocycles. The summed E-state index contributed by atoms with van der Waals surface area (Å²) in [6.07, 6.45) is 0. The highest BCUT2D eigenvalue weighted by Crippen LogP contribution is 2.47. The number of carbonyl (C=O) groups is 3. The first-order chi connectivity index (χ1) is 30.0. The largest absolute Gasteiger partial charge is 0.351 e. The standard InChI is InChI=1S/C45H32Cl2N8O7/c46-19-25-21-52(39-17-37(54(59)60)29-5-1-3-7-31(29)41(25)39)43(56)35-15-23-13-27(9-11-33(23)50-35)48-45(58)49-28-10-12-34-24(14-28)16-36(51-34)44(57)53-22-26(20-47)42-32-8-4-2-6-30(32)38(55(61)62)18-40(42)53/h1-18,25-26,50-51H,19-22H2,(H2,48,49,58). The zero-order chi connectivity index (χ0) is 43.0. The van der Waals surface area contributed by atoms with Gasteiger partial charge < -0.3 is 30.4 Å². The molecule has 15 nitrogen and oxygen atoms in total. The van der Waals surface area contributed by atoms with Crippen LogP contribution in [0, 0.1) is 20.2 Å². The molecule has 0 fully saturated rings. The van der Waals surface area contributed by atoms with Gasteiger partial charge in [0.25, 0.3) is 23.2 Å². The zero-order valence-corrected chi connectivity index (χ0v) is 33.8. The number of amides is 4. The number of nitro benzene ring substituents is 2. The Bertz CT molecular complexity index is 3040. The van der Waals surface area contributed by atoms with Crippen molar-refractivity contribution in [2.75, 3.05) is 45.3 Å². The summed E-state index contributed by atoms with van der Waals surface area (Å²) in [5, 5.41) is 33.4. The lowest BCUT2D eigenvalue weighted by atomic mass is 9.95. The maximum absolute atomic E-state index is 14.0. The van der Waals surface area contributed by atoms with Crippen LogP contribution in [0.2, 0.25) is 0 Å². The number of aromatic nitrogens is 2. The number of fused-ring (bicyclic) bond motifs is 8. The van der Waals surface area contributed by atoms with Crippen molar-refractivity contribution in [3.8, 4) is 0 Å². The minimum absolute atomic E-state index is 0.0957. The van der Waals surface area contributed by atoms with Crippen molar-refractivity contribution < 1.29 is 24.2 Å². The third kappa shape index (κ3) is 6.32. The number of urea groups is 1. The van der Waals surface area contributed by atoms with Crippen molar-refractivity contribution >= 4 is 119 Å². The number of hydrogen-bond acceptors (Lipinski definition) is 7. The molecular formula is C45H32Cl2N8O7. The van der Waals surface area contributed by atoms with E-state index in [1.165, 1.54) is 21.9 Å². The van der Waals surface area contributed by atoms with E-state index in [4.69, 9.17) is 23.2 Å². The van der Waals surface area contributed by atoms with Crippen LogP contribution in [-0.2, 0) is 0 Å². The minimum atomic E-state index is -0.536. The summed E-state index contributed by atoms with van der Waals surface area (Å²) in [7, 11) is 0. The first-order valence-corrected chi connectivity index (χ1v) is 20.6. The molecule has 4 N–H and O–H groups in total. The summed E-state index contributed by atoms with van der Waals surface area (Å²) in [6, 6.07) is 30.1. The number of benzene rings is 6. The van der Waals surface area contributed by atoms with E-state index in [0.29, 0.717) is 66.1 Å². The summed E-state index contributed by atoms with van der Waals surface area (Å²) >= 11 is 12.8. The molecule has 2 unspecified atom stereocenters. The monoisotopic (exact) mass is 866 g/mol. The molecule has 0 saturated heterocycles. The average molecular weight is 868 g/mol. The Kier molecular flexibility index (Phi) is 9.30.